The number of aromatic nitrogens is 4. The summed E-state index contributed by atoms with van der Waals surface area (Å²) < 4.78 is 7.28. The lowest BCUT2D eigenvalue weighted by Crippen LogP contribution is -2.18. The first-order chi connectivity index (χ1) is 12.5. The van der Waals surface area contributed by atoms with Crippen molar-refractivity contribution in [3.63, 3.8) is 0 Å². The van der Waals surface area contributed by atoms with E-state index >= 15 is 0 Å². The van der Waals surface area contributed by atoms with Crippen LogP contribution in [0.4, 0.5) is 5.82 Å². The zero-order valence-corrected chi connectivity index (χ0v) is 15.5. The molecular formula is C17H18N6O2S. The number of aryl methyl sites for hydroxylation is 1. The first-order valence-electron chi connectivity index (χ1n) is 7.93. The summed E-state index contributed by atoms with van der Waals surface area (Å²) in [5, 5.41) is 19.6. The zero-order valence-electron chi connectivity index (χ0n) is 14.7. The second kappa shape index (κ2) is 7.49. The molecule has 0 saturated heterocycles. The lowest BCUT2D eigenvalue weighted by atomic mass is 10.2. The van der Waals surface area contributed by atoms with Crippen molar-refractivity contribution in [3.8, 4) is 6.07 Å². The number of hydrogen-bond donors (Lipinski definition) is 2. The molecule has 0 saturated carbocycles. The van der Waals surface area contributed by atoms with Crippen molar-refractivity contribution in [1.82, 2.24) is 19.7 Å². The summed E-state index contributed by atoms with van der Waals surface area (Å²) in [7, 11) is 0. The van der Waals surface area contributed by atoms with E-state index in [2.05, 4.69) is 26.6 Å². The van der Waals surface area contributed by atoms with Crippen LogP contribution in [0.3, 0.4) is 0 Å². The Morgan fingerprint density at radius 2 is 2.27 bits per heavy atom. The van der Waals surface area contributed by atoms with Crippen molar-refractivity contribution in [2.24, 2.45) is 0 Å². The standard InChI is InChI=1S/C17H18N6O2S/c1-10-11(2)23(8-13-5-4-6-25-13)16(14(10)7-18)20-15(24)9-26-17-19-12(3)21-22-17/h4-6H,8-9H2,1-3H3,(H,20,24)(H,19,21,22). The van der Waals surface area contributed by atoms with Gasteiger partial charge in [0.25, 0.3) is 0 Å². The highest BCUT2D eigenvalue weighted by Gasteiger charge is 2.20. The van der Waals surface area contributed by atoms with Crippen LogP contribution in [0.15, 0.2) is 28.0 Å². The van der Waals surface area contributed by atoms with E-state index in [1.807, 2.05) is 24.5 Å². The molecule has 0 bridgehead atoms. The van der Waals surface area contributed by atoms with Crippen molar-refractivity contribution in [2.45, 2.75) is 32.5 Å². The molecule has 1 amide bonds. The second-order valence-corrected chi connectivity index (χ2v) is 6.69. The molecule has 3 aromatic heterocycles. The molecule has 0 aromatic carbocycles. The third-order valence-electron chi connectivity index (χ3n) is 4.00. The number of thioether (sulfide) groups is 1. The van der Waals surface area contributed by atoms with Crippen LogP contribution >= 0.6 is 11.8 Å². The molecule has 3 heterocycles. The maximum atomic E-state index is 12.4. The van der Waals surface area contributed by atoms with Gasteiger partial charge in [0, 0.05) is 5.69 Å². The Labute approximate surface area is 154 Å². The average Bonchev–Trinajstić information content (AvgIpc) is 3.32. The minimum Gasteiger partial charge on any atom is -0.467 e. The zero-order chi connectivity index (χ0) is 18.7. The summed E-state index contributed by atoms with van der Waals surface area (Å²) in [5.74, 6) is 1.83. The van der Waals surface area contributed by atoms with E-state index in [9.17, 15) is 10.1 Å². The molecule has 0 atom stereocenters. The van der Waals surface area contributed by atoms with Crippen molar-refractivity contribution in [2.75, 3.05) is 11.1 Å². The van der Waals surface area contributed by atoms with Gasteiger partial charge in [-0.1, -0.05) is 11.8 Å². The fourth-order valence-corrected chi connectivity index (χ4v) is 3.22. The maximum Gasteiger partial charge on any atom is 0.235 e. The molecule has 0 aliphatic rings. The summed E-state index contributed by atoms with van der Waals surface area (Å²) >= 11 is 1.23. The van der Waals surface area contributed by atoms with Gasteiger partial charge >= 0.3 is 0 Å². The number of aromatic amines is 1. The third-order valence-corrected chi connectivity index (χ3v) is 4.85. The number of nitrogens with zero attached hydrogens (tertiary/aromatic N) is 4. The predicted molar refractivity (Wildman–Crippen MR) is 96.9 cm³/mol. The van der Waals surface area contributed by atoms with Gasteiger partial charge in [-0.3, -0.25) is 9.89 Å². The highest BCUT2D eigenvalue weighted by molar-refractivity contribution is 7.99. The number of furan rings is 1. The van der Waals surface area contributed by atoms with E-state index in [1.165, 1.54) is 11.8 Å². The van der Waals surface area contributed by atoms with Crippen LogP contribution < -0.4 is 5.32 Å². The minimum absolute atomic E-state index is 0.145. The lowest BCUT2D eigenvalue weighted by Gasteiger charge is -2.11. The number of anilines is 1. The largest absolute Gasteiger partial charge is 0.467 e. The molecule has 0 radical (unpaired) electrons. The SMILES string of the molecule is Cc1nc(SCC(=O)Nc2c(C#N)c(C)c(C)n2Cc2ccco2)n[nH]1. The van der Waals surface area contributed by atoms with Gasteiger partial charge in [-0.05, 0) is 38.5 Å². The molecule has 0 aliphatic carbocycles. The summed E-state index contributed by atoms with van der Waals surface area (Å²) in [5.41, 5.74) is 2.21. The minimum atomic E-state index is -0.229. The van der Waals surface area contributed by atoms with E-state index in [1.54, 1.807) is 19.3 Å². The van der Waals surface area contributed by atoms with Crippen LogP contribution in [-0.2, 0) is 11.3 Å². The number of carbonyl (C=O) groups is 1. The second-order valence-electron chi connectivity index (χ2n) is 5.75. The lowest BCUT2D eigenvalue weighted by molar-refractivity contribution is -0.113. The molecule has 0 fully saturated rings. The highest BCUT2D eigenvalue weighted by atomic mass is 32.2. The Hall–Kier alpha value is -2.99. The molecule has 134 valence electrons. The molecule has 26 heavy (non-hydrogen) atoms. The van der Waals surface area contributed by atoms with Gasteiger partial charge in [-0.25, -0.2) is 4.98 Å². The van der Waals surface area contributed by atoms with Crippen LogP contribution in [0.1, 0.15) is 28.4 Å². The van der Waals surface area contributed by atoms with Crippen molar-refractivity contribution in [3.05, 3.63) is 46.8 Å². The van der Waals surface area contributed by atoms with Crippen LogP contribution in [-0.4, -0.2) is 31.4 Å². The van der Waals surface area contributed by atoms with Gasteiger partial charge in [-0.15, -0.1) is 5.10 Å². The molecule has 9 heteroatoms. The summed E-state index contributed by atoms with van der Waals surface area (Å²) in [6.45, 7) is 6.01. The number of nitrogens with one attached hydrogen (secondary N) is 2. The number of H-pyrrole nitrogens is 1. The van der Waals surface area contributed by atoms with Crippen molar-refractivity contribution >= 4 is 23.5 Å². The van der Waals surface area contributed by atoms with Gasteiger partial charge in [0.05, 0.1) is 24.1 Å². The number of carbonyl (C=O) groups excluding carboxylic acids is 1. The van der Waals surface area contributed by atoms with Crippen molar-refractivity contribution < 1.29 is 9.21 Å². The molecule has 0 unspecified atom stereocenters. The van der Waals surface area contributed by atoms with Gasteiger partial charge in [0.2, 0.25) is 11.1 Å². The predicted octanol–water partition coefficient (Wildman–Crippen LogP) is 2.78. The Bertz CT molecular complexity index is 964. The third kappa shape index (κ3) is 3.65. The Morgan fingerprint density at radius 3 is 2.88 bits per heavy atom. The normalized spacial score (nSPS) is 10.7. The first kappa shape index (κ1) is 17.8. The number of amides is 1. The molecule has 0 aliphatic heterocycles. The van der Waals surface area contributed by atoms with E-state index < -0.39 is 0 Å². The monoisotopic (exact) mass is 370 g/mol. The molecular weight excluding hydrogens is 352 g/mol. The summed E-state index contributed by atoms with van der Waals surface area (Å²) in [6, 6.07) is 5.85. The van der Waals surface area contributed by atoms with E-state index in [4.69, 9.17) is 4.42 Å². The van der Waals surface area contributed by atoms with Gasteiger partial charge in [0.15, 0.2) is 0 Å². The van der Waals surface area contributed by atoms with E-state index in [0.717, 1.165) is 17.0 Å². The van der Waals surface area contributed by atoms with Gasteiger partial charge in [0.1, 0.15) is 23.5 Å². The van der Waals surface area contributed by atoms with Crippen LogP contribution in [0.5, 0.6) is 0 Å². The molecule has 2 N–H and O–H groups in total. The number of nitriles is 1. The van der Waals surface area contributed by atoms with Crippen LogP contribution in [0.25, 0.3) is 0 Å². The maximum absolute atomic E-state index is 12.4. The van der Waals surface area contributed by atoms with Crippen LogP contribution in [0, 0.1) is 32.1 Å². The number of rotatable bonds is 6. The van der Waals surface area contributed by atoms with Gasteiger partial charge < -0.3 is 14.3 Å². The summed E-state index contributed by atoms with van der Waals surface area (Å²) in [4.78, 5) is 16.5. The molecule has 3 rings (SSSR count). The summed E-state index contributed by atoms with van der Waals surface area (Å²) in [6.07, 6.45) is 1.60. The smallest absolute Gasteiger partial charge is 0.235 e. The average molecular weight is 370 g/mol. The molecule has 3 aromatic rings. The first-order valence-corrected chi connectivity index (χ1v) is 8.92. The fraction of sp³-hybridized carbons (Fsp3) is 0.294. The fourth-order valence-electron chi connectivity index (χ4n) is 2.57. The Kier molecular flexibility index (Phi) is 5.14. The Morgan fingerprint density at radius 1 is 1.46 bits per heavy atom. The topological polar surface area (TPSA) is 113 Å². The number of hydrogen-bond acceptors (Lipinski definition) is 6. The van der Waals surface area contributed by atoms with Crippen molar-refractivity contribution in [1.29, 1.82) is 5.26 Å². The highest BCUT2D eigenvalue weighted by Crippen LogP contribution is 2.27. The Balaban J connectivity index is 1.80. The van der Waals surface area contributed by atoms with E-state index in [0.29, 0.717) is 28.9 Å². The van der Waals surface area contributed by atoms with Gasteiger partial charge in [-0.2, -0.15) is 5.26 Å². The van der Waals surface area contributed by atoms with E-state index in [-0.39, 0.29) is 11.7 Å². The van der Waals surface area contributed by atoms with Crippen LogP contribution in [0.2, 0.25) is 0 Å². The molecule has 0 spiro atoms. The molecule has 8 nitrogen and oxygen atoms in total. The quantitative estimate of drug-likeness (QED) is 0.645.